The zero-order chi connectivity index (χ0) is 9.99. The van der Waals surface area contributed by atoms with Crippen molar-refractivity contribution in [2.75, 3.05) is 27.7 Å². The lowest BCUT2D eigenvalue weighted by Gasteiger charge is -2.31. The highest BCUT2D eigenvalue weighted by molar-refractivity contribution is 5.67. The highest BCUT2D eigenvalue weighted by atomic mass is 16.4. The molecular weight excluding hydrogens is 160 g/mol. The maximum atomic E-state index is 10.3. The molecule has 0 aromatic carbocycles. The summed E-state index contributed by atoms with van der Waals surface area (Å²) >= 11 is 0. The van der Waals surface area contributed by atoms with Crippen molar-refractivity contribution >= 4 is 5.97 Å². The van der Waals surface area contributed by atoms with Gasteiger partial charge < -0.3 is 14.7 Å². The van der Waals surface area contributed by atoms with Gasteiger partial charge in [-0.15, -0.1) is 0 Å². The second-order valence-corrected chi connectivity index (χ2v) is 4.12. The van der Waals surface area contributed by atoms with Crippen molar-refractivity contribution in [2.45, 2.75) is 12.1 Å². The van der Waals surface area contributed by atoms with Crippen molar-refractivity contribution in [1.82, 2.24) is 0 Å². The first-order chi connectivity index (χ1) is 5.12. The minimum Gasteiger partial charge on any atom is -0.481 e. The zero-order valence-corrected chi connectivity index (χ0v) is 7.74. The Bertz CT molecular complexity index is 172. The summed E-state index contributed by atoms with van der Waals surface area (Å²) in [6.07, 6.45) is -0.428. The molecule has 0 aliphatic rings. The van der Waals surface area contributed by atoms with Gasteiger partial charge in [-0.25, -0.2) is 0 Å². The number of carboxylic acids is 1. The van der Waals surface area contributed by atoms with Crippen molar-refractivity contribution in [2.24, 2.45) is 5.73 Å². The van der Waals surface area contributed by atoms with E-state index in [9.17, 15) is 9.90 Å². The van der Waals surface area contributed by atoms with Gasteiger partial charge in [0, 0.05) is 0 Å². The molecule has 0 heterocycles. The smallest absolute Gasteiger partial charge is 0.307 e. The summed E-state index contributed by atoms with van der Waals surface area (Å²) in [5, 5.41) is 17.8. The van der Waals surface area contributed by atoms with Crippen LogP contribution in [0.15, 0.2) is 0 Å². The van der Waals surface area contributed by atoms with Crippen LogP contribution in [0.3, 0.4) is 0 Å². The Morgan fingerprint density at radius 1 is 1.50 bits per heavy atom. The van der Waals surface area contributed by atoms with E-state index in [0.29, 0.717) is 4.48 Å². The molecule has 4 N–H and O–H groups in total. The van der Waals surface area contributed by atoms with Gasteiger partial charge in [-0.1, -0.05) is 0 Å². The van der Waals surface area contributed by atoms with Crippen molar-refractivity contribution in [3.63, 3.8) is 0 Å². The fourth-order valence-electron chi connectivity index (χ4n) is 1.14. The summed E-state index contributed by atoms with van der Waals surface area (Å²) in [6.45, 7) is 0.208. The molecule has 0 aromatic rings. The van der Waals surface area contributed by atoms with Crippen LogP contribution < -0.4 is 5.73 Å². The van der Waals surface area contributed by atoms with Gasteiger partial charge in [-0.2, -0.15) is 0 Å². The highest BCUT2D eigenvalue weighted by Crippen LogP contribution is 2.06. The van der Waals surface area contributed by atoms with Gasteiger partial charge in [0.1, 0.15) is 6.54 Å². The number of aliphatic hydroxyl groups is 1. The molecule has 0 bridgehead atoms. The average molecular weight is 177 g/mol. The van der Waals surface area contributed by atoms with Crippen LogP contribution in [-0.2, 0) is 4.79 Å². The van der Waals surface area contributed by atoms with Gasteiger partial charge in [0.25, 0.3) is 0 Å². The quantitative estimate of drug-likeness (QED) is 0.372. The third-order valence-electron chi connectivity index (χ3n) is 1.21. The Balaban J connectivity index is 4.13. The van der Waals surface area contributed by atoms with Crippen molar-refractivity contribution < 1.29 is 19.5 Å². The van der Waals surface area contributed by atoms with Crippen LogP contribution in [0.5, 0.6) is 0 Å². The van der Waals surface area contributed by atoms with Crippen molar-refractivity contribution in [3.8, 4) is 0 Å². The predicted octanol–water partition coefficient (Wildman–Crippen LogP) is -1.19. The molecule has 12 heavy (non-hydrogen) atoms. The summed E-state index contributed by atoms with van der Waals surface area (Å²) in [5.74, 6) is -1.09. The maximum Gasteiger partial charge on any atom is 0.307 e. The normalized spacial score (nSPS) is 17.1. The molecule has 0 aliphatic carbocycles. The van der Waals surface area contributed by atoms with E-state index in [1.807, 2.05) is 21.1 Å². The highest BCUT2D eigenvalue weighted by Gasteiger charge is 2.31. The lowest BCUT2D eigenvalue weighted by Crippen LogP contribution is -2.55. The minimum absolute atomic E-state index is 0.208. The number of nitrogens with two attached hydrogens (primary N) is 1. The Labute approximate surface area is 72.0 Å². The van der Waals surface area contributed by atoms with Crippen LogP contribution in [0, 0.1) is 0 Å². The van der Waals surface area contributed by atoms with Gasteiger partial charge in [0.2, 0.25) is 0 Å². The number of carbonyl (C=O) groups is 1. The molecule has 5 nitrogen and oxygen atoms in total. The molecule has 0 aliphatic heterocycles. The van der Waals surface area contributed by atoms with Gasteiger partial charge in [-0.3, -0.25) is 10.5 Å². The first-order valence-corrected chi connectivity index (χ1v) is 3.66. The monoisotopic (exact) mass is 177 g/mol. The molecule has 0 saturated heterocycles. The molecule has 0 amide bonds. The van der Waals surface area contributed by atoms with E-state index in [0.717, 1.165) is 0 Å². The Morgan fingerprint density at radius 2 is 1.92 bits per heavy atom. The van der Waals surface area contributed by atoms with E-state index in [4.69, 9.17) is 10.8 Å². The molecule has 0 spiro atoms. The molecule has 5 heteroatoms. The summed E-state index contributed by atoms with van der Waals surface area (Å²) in [4.78, 5) is 10.3. The average Bonchev–Trinajstić information content (AvgIpc) is 1.48. The van der Waals surface area contributed by atoms with Gasteiger partial charge >= 0.3 is 5.97 Å². The van der Waals surface area contributed by atoms with E-state index in [-0.39, 0.29) is 6.54 Å². The number of aliphatic carboxylic acids is 1. The van der Waals surface area contributed by atoms with Crippen molar-refractivity contribution in [1.29, 1.82) is 0 Å². The first-order valence-electron chi connectivity index (χ1n) is 3.66. The number of quaternary nitrogens is 1. The van der Waals surface area contributed by atoms with Crippen LogP contribution >= 0.6 is 0 Å². The second kappa shape index (κ2) is 3.38. The number of rotatable bonds is 4. The minimum atomic E-state index is -1.62. The molecule has 0 aromatic heterocycles. The van der Waals surface area contributed by atoms with Gasteiger partial charge in [0.15, 0.2) is 5.72 Å². The van der Waals surface area contributed by atoms with E-state index in [2.05, 4.69) is 0 Å². The largest absolute Gasteiger partial charge is 0.481 e. The van der Waals surface area contributed by atoms with E-state index < -0.39 is 18.1 Å². The summed E-state index contributed by atoms with van der Waals surface area (Å²) < 4.78 is 0.431. The SMILES string of the molecule is C[N+](C)(C)CC(N)(O)CC(=O)O. The van der Waals surface area contributed by atoms with Crippen LogP contribution in [0.4, 0.5) is 0 Å². The van der Waals surface area contributed by atoms with Crippen LogP contribution in [0.1, 0.15) is 6.42 Å². The molecule has 72 valence electrons. The summed E-state index contributed by atoms with van der Waals surface area (Å²) in [6, 6.07) is 0. The Kier molecular flexibility index (Phi) is 3.20. The molecule has 1 unspecified atom stereocenters. The lowest BCUT2D eigenvalue weighted by atomic mass is 10.1. The molecule has 1 atom stereocenters. The first kappa shape index (κ1) is 11.4. The van der Waals surface area contributed by atoms with Gasteiger partial charge in [0.05, 0.1) is 27.6 Å². The summed E-state index contributed by atoms with van der Waals surface area (Å²) in [5.41, 5.74) is 3.74. The number of hydrogen-bond donors (Lipinski definition) is 3. The number of hydrogen-bond acceptors (Lipinski definition) is 3. The topological polar surface area (TPSA) is 83.5 Å². The third kappa shape index (κ3) is 6.09. The molecule has 0 rings (SSSR count). The lowest BCUT2D eigenvalue weighted by molar-refractivity contribution is -0.877. The number of likely N-dealkylation sites (N-methyl/N-ethyl adjacent to an activating group) is 1. The Hall–Kier alpha value is -0.650. The fraction of sp³-hybridized carbons (Fsp3) is 0.857. The van der Waals surface area contributed by atoms with Crippen molar-refractivity contribution in [3.05, 3.63) is 0 Å². The molecular formula is C7H17N2O3+. The Morgan fingerprint density at radius 3 is 2.17 bits per heavy atom. The van der Waals surface area contributed by atoms with E-state index in [1.165, 1.54) is 0 Å². The predicted molar refractivity (Wildman–Crippen MR) is 44.3 cm³/mol. The summed E-state index contributed by atoms with van der Waals surface area (Å²) in [7, 11) is 5.50. The zero-order valence-electron chi connectivity index (χ0n) is 7.74. The van der Waals surface area contributed by atoms with Gasteiger partial charge in [-0.05, 0) is 0 Å². The van der Waals surface area contributed by atoms with Crippen LogP contribution in [0.2, 0.25) is 0 Å². The fourth-order valence-corrected chi connectivity index (χ4v) is 1.14. The standard InChI is InChI=1S/C7H16N2O3/c1-9(2,3)5-7(8,12)4-6(10)11/h12H,4-5,8H2,1-3H3/p+1. The molecule has 0 radical (unpaired) electrons. The van der Waals surface area contributed by atoms with Crippen LogP contribution in [0.25, 0.3) is 0 Å². The maximum absolute atomic E-state index is 10.3. The van der Waals surface area contributed by atoms with E-state index in [1.54, 1.807) is 0 Å². The number of nitrogens with zero attached hydrogens (tertiary/aromatic N) is 1. The number of carboxylic acid groups (broad SMARTS) is 1. The molecule has 0 fully saturated rings. The second-order valence-electron chi connectivity index (χ2n) is 4.12. The third-order valence-corrected chi connectivity index (χ3v) is 1.21. The van der Waals surface area contributed by atoms with Crippen LogP contribution in [-0.4, -0.2) is 54.1 Å². The molecule has 0 saturated carbocycles. The van der Waals surface area contributed by atoms with E-state index >= 15 is 0 Å².